The molecule has 0 saturated carbocycles. The van der Waals surface area contributed by atoms with E-state index in [0.717, 1.165) is 30.0 Å². The van der Waals surface area contributed by atoms with Crippen molar-refractivity contribution in [3.63, 3.8) is 0 Å². The molecule has 20 heavy (non-hydrogen) atoms. The molecule has 4 nitrogen and oxygen atoms in total. The van der Waals surface area contributed by atoms with Gasteiger partial charge >= 0.3 is 0 Å². The predicted molar refractivity (Wildman–Crippen MR) is 83.3 cm³/mol. The van der Waals surface area contributed by atoms with Crippen LogP contribution in [0.2, 0.25) is 0 Å². The van der Waals surface area contributed by atoms with Crippen LogP contribution in [0.3, 0.4) is 0 Å². The number of thiophene rings is 1. The Labute approximate surface area is 121 Å². The van der Waals surface area contributed by atoms with Gasteiger partial charge in [-0.15, -0.1) is 11.3 Å². The molecular weight excluding hydrogens is 268 g/mol. The number of H-pyrrole nitrogens is 1. The maximum Gasteiger partial charge on any atom is 0.0650 e. The summed E-state index contributed by atoms with van der Waals surface area (Å²) >= 11 is 1.69. The van der Waals surface area contributed by atoms with Gasteiger partial charge in [-0.05, 0) is 28.6 Å². The molecule has 0 aliphatic rings. The summed E-state index contributed by atoms with van der Waals surface area (Å²) in [5, 5.41) is 12.4. The van der Waals surface area contributed by atoms with E-state index in [0.29, 0.717) is 0 Å². The number of aromatic amines is 1. The van der Waals surface area contributed by atoms with Crippen LogP contribution in [-0.2, 0) is 13.1 Å². The Bertz CT molecular complexity index is 656. The SMILES string of the molecule is Nc1ccsc1CNCc1ccc(-c2ccn[nH]2)cc1. The first kappa shape index (κ1) is 12.9. The maximum atomic E-state index is 5.86. The normalized spacial score (nSPS) is 10.8. The van der Waals surface area contributed by atoms with Crippen molar-refractivity contribution in [3.8, 4) is 11.3 Å². The van der Waals surface area contributed by atoms with Crippen molar-refractivity contribution >= 4 is 17.0 Å². The van der Waals surface area contributed by atoms with E-state index in [4.69, 9.17) is 5.73 Å². The second-order valence-electron chi connectivity index (χ2n) is 4.57. The van der Waals surface area contributed by atoms with Gasteiger partial charge < -0.3 is 11.1 Å². The first-order chi connectivity index (χ1) is 9.83. The van der Waals surface area contributed by atoms with Gasteiger partial charge in [0.2, 0.25) is 0 Å². The van der Waals surface area contributed by atoms with E-state index in [1.54, 1.807) is 17.5 Å². The van der Waals surface area contributed by atoms with Crippen molar-refractivity contribution in [2.24, 2.45) is 0 Å². The van der Waals surface area contributed by atoms with Crippen molar-refractivity contribution in [3.05, 3.63) is 58.4 Å². The number of nitrogens with two attached hydrogens (primary N) is 1. The third-order valence-electron chi connectivity index (χ3n) is 3.16. The molecule has 0 fully saturated rings. The first-order valence-corrected chi connectivity index (χ1v) is 7.32. The lowest BCUT2D eigenvalue weighted by Crippen LogP contribution is -2.12. The molecule has 0 unspecified atom stereocenters. The molecule has 0 amide bonds. The molecule has 5 heteroatoms. The minimum atomic E-state index is 0.811. The number of nitrogen functional groups attached to an aromatic ring is 1. The molecule has 0 bridgehead atoms. The fraction of sp³-hybridized carbons (Fsp3) is 0.133. The van der Waals surface area contributed by atoms with Crippen molar-refractivity contribution in [2.75, 3.05) is 5.73 Å². The molecule has 2 heterocycles. The minimum Gasteiger partial charge on any atom is -0.398 e. The Morgan fingerprint density at radius 3 is 2.60 bits per heavy atom. The summed E-state index contributed by atoms with van der Waals surface area (Å²) in [6, 6.07) is 12.4. The molecule has 0 atom stereocenters. The summed E-state index contributed by atoms with van der Waals surface area (Å²) in [6.45, 7) is 1.65. The number of anilines is 1. The van der Waals surface area contributed by atoms with E-state index in [-0.39, 0.29) is 0 Å². The third-order valence-corrected chi connectivity index (χ3v) is 4.10. The number of nitrogens with one attached hydrogen (secondary N) is 2. The summed E-state index contributed by atoms with van der Waals surface area (Å²) in [5.74, 6) is 0. The van der Waals surface area contributed by atoms with Gasteiger partial charge in [-0.1, -0.05) is 24.3 Å². The number of nitrogens with zero attached hydrogens (tertiary/aromatic N) is 1. The molecule has 0 radical (unpaired) electrons. The van der Waals surface area contributed by atoms with Crippen LogP contribution in [0.15, 0.2) is 48.0 Å². The van der Waals surface area contributed by atoms with Gasteiger partial charge in [-0.2, -0.15) is 5.10 Å². The molecule has 102 valence electrons. The number of benzene rings is 1. The standard InChI is InChI=1S/C15H16N4S/c16-13-6-8-20-15(13)10-17-9-11-1-3-12(4-2-11)14-5-7-18-19-14/h1-8,17H,9-10,16H2,(H,18,19). The third kappa shape index (κ3) is 2.89. The van der Waals surface area contributed by atoms with E-state index in [2.05, 4.69) is 39.8 Å². The quantitative estimate of drug-likeness (QED) is 0.674. The number of rotatable bonds is 5. The second-order valence-corrected chi connectivity index (χ2v) is 5.57. The van der Waals surface area contributed by atoms with Crippen molar-refractivity contribution in [2.45, 2.75) is 13.1 Å². The van der Waals surface area contributed by atoms with E-state index in [1.165, 1.54) is 10.4 Å². The van der Waals surface area contributed by atoms with Crippen LogP contribution in [0.1, 0.15) is 10.4 Å². The highest BCUT2D eigenvalue weighted by Crippen LogP contribution is 2.19. The zero-order chi connectivity index (χ0) is 13.8. The lowest BCUT2D eigenvalue weighted by atomic mass is 10.1. The van der Waals surface area contributed by atoms with Gasteiger partial charge in [0.1, 0.15) is 0 Å². The lowest BCUT2D eigenvalue weighted by molar-refractivity contribution is 0.702. The van der Waals surface area contributed by atoms with E-state index in [1.807, 2.05) is 17.5 Å². The van der Waals surface area contributed by atoms with Gasteiger partial charge in [0.05, 0.1) is 5.69 Å². The Hall–Kier alpha value is -2.11. The van der Waals surface area contributed by atoms with Crippen LogP contribution in [0.4, 0.5) is 5.69 Å². The Balaban J connectivity index is 1.57. The molecule has 0 saturated heterocycles. The lowest BCUT2D eigenvalue weighted by Gasteiger charge is -2.05. The molecule has 0 aliphatic carbocycles. The average Bonchev–Trinajstić information content (AvgIpc) is 3.12. The number of aromatic nitrogens is 2. The van der Waals surface area contributed by atoms with Crippen molar-refractivity contribution < 1.29 is 0 Å². The van der Waals surface area contributed by atoms with Gasteiger partial charge in [-0.25, -0.2) is 0 Å². The maximum absolute atomic E-state index is 5.86. The van der Waals surface area contributed by atoms with Crippen LogP contribution < -0.4 is 11.1 Å². The highest BCUT2D eigenvalue weighted by atomic mass is 32.1. The molecule has 4 N–H and O–H groups in total. The van der Waals surface area contributed by atoms with Crippen LogP contribution in [0.25, 0.3) is 11.3 Å². The van der Waals surface area contributed by atoms with Crippen LogP contribution in [-0.4, -0.2) is 10.2 Å². The summed E-state index contributed by atoms with van der Waals surface area (Å²) in [5.41, 5.74) is 10.2. The fourth-order valence-electron chi connectivity index (χ4n) is 2.03. The number of hydrogen-bond acceptors (Lipinski definition) is 4. The summed E-state index contributed by atoms with van der Waals surface area (Å²) in [7, 11) is 0. The van der Waals surface area contributed by atoms with E-state index < -0.39 is 0 Å². The molecule has 0 spiro atoms. The van der Waals surface area contributed by atoms with E-state index >= 15 is 0 Å². The second kappa shape index (κ2) is 5.90. The van der Waals surface area contributed by atoms with Gasteiger partial charge in [0, 0.05) is 29.9 Å². The molecule has 3 rings (SSSR count). The minimum absolute atomic E-state index is 0.811. The Morgan fingerprint density at radius 1 is 1.10 bits per heavy atom. The topological polar surface area (TPSA) is 66.7 Å². The van der Waals surface area contributed by atoms with Gasteiger partial charge in [0.15, 0.2) is 0 Å². The Morgan fingerprint density at radius 2 is 1.95 bits per heavy atom. The summed E-state index contributed by atoms with van der Waals surface area (Å²) < 4.78 is 0. The first-order valence-electron chi connectivity index (χ1n) is 6.44. The molecule has 1 aromatic carbocycles. The highest BCUT2D eigenvalue weighted by molar-refractivity contribution is 7.10. The predicted octanol–water partition coefficient (Wildman–Crippen LogP) is 3.01. The molecule has 2 aromatic heterocycles. The number of hydrogen-bond donors (Lipinski definition) is 3. The summed E-state index contributed by atoms with van der Waals surface area (Å²) in [4.78, 5) is 1.19. The van der Waals surface area contributed by atoms with Crippen LogP contribution >= 0.6 is 11.3 Å². The summed E-state index contributed by atoms with van der Waals surface area (Å²) in [6.07, 6.45) is 1.76. The van der Waals surface area contributed by atoms with Crippen LogP contribution in [0, 0.1) is 0 Å². The highest BCUT2D eigenvalue weighted by Gasteiger charge is 2.01. The zero-order valence-corrected chi connectivity index (χ0v) is 11.8. The molecule has 3 aromatic rings. The van der Waals surface area contributed by atoms with Crippen molar-refractivity contribution in [1.29, 1.82) is 0 Å². The smallest absolute Gasteiger partial charge is 0.0650 e. The zero-order valence-electron chi connectivity index (χ0n) is 11.0. The average molecular weight is 284 g/mol. The Kier molecular flexibility index (Phi) is 3.80. The van der Waals surface area contributed by atoms with Crippen LogP contribution in [0.5, 0.6) is 0 Å². The van der Waals surface area contributed by atoms with E-state index in [9.17, 15) is 0 Å². The monoisotopic (exact) mass is 284 g/mol. The van der Waals surface area contributed by atoms with Gasteiger partial charge in [0.25, 0.3) is 0 Å². The van der Waals surface area contributed by atoms with Gasteiger partial charge in [-0.3, -0.25) is 5.10 Å². The largest absolute Gasteiger partial charge is 0.398 e. The molecular formula is C15H16N4S. The fourth-order valence-corrected chi connectivity index (χ4v) is 2.80. The van der Waals surface area contributed by atoms with Crippen molar-refractivity contribution in [1.82, 2.24) is 15.5 Å². The molecule has 0 aliphatic heterocycles.